The van der Waals surface area contributed by atoms with Crippen molar-refractivity contribution in [3.05, 3.63) is 28.2 Å². The van der Waals surface area contributed by atoms with Gasteiger partial charge >= 0.3 is 0 Å². The number of benzene rings is 1. The maximum Gasteiger partial charge on any atom is 0.152 e. The number of rotatable bonds is 3. The third-order valence-electron chi connectivity index (χ3n) is 4.35. The van der Waals surface area contributed by atoms with E-state index in [9.17, 15) is 4.79 Å². The molecule has 2 nitrogen and oxygen atoms in total. The lowest BCUT2D eigenvalue weighted by Gasteiger charge is -2.40. The van der Waals surface area contributed by atoms with E-state index in [0.717, 1.165) is 22.0 Å². The highest BCUT2D eigenvalue weighted by atomic mass is 79.9. The van der Waals surface area contributed by atoms with Crippen molar-refractivity contribution in [2.24, 2.45) is 5.41 Å². The van der Waals surface area contributed by atoms with Crippen LogP contribution in [0.3, 0.4) is 0 Å². The zero-order valence-corrected chi connectivity index (χ0v) is 13.5. The van der Waals surface area contributed by atoms with E-state index in [4.69, 9.17) is 0 Å². The molecule has 0 heterocycles. The van der Waals surface area contributed by atoms with Crippen LogP contribution in [0.4, 0.5) is 5.69 Å². The Morgan fingerprint density at radius 2 is 1.95 bits per heavy atom. The number of carbonyl (C=O) groups excluding carboxylic acids is 1. The molecule has 0 radical (unpaired) electrons. The van der Waals surface area contributed by atoms with Gasteiger partial charge in [-0.15, -0.1) is 0 Å². The number of hydrogen-bond acceptors (Lipinski definition) is 2. The zero-order valence-electron chi connectivity index (χ0n) is 11.9. The van der Waals surface area contributed by atoms with E-state index in [1.165, 1.54) is 25.7 Å². The van der Waals surface area contributed by atoms with Gasteiger partial charge in [0.05, 0.1) is 0 Å². The van der Waals surface area contributed by atoms with Gasteiger partial charge in [0.25, 0.3) is 0 Å². The number of hydrogen-bond donors (Lipinski definition) is 0. The fourth-order valence-electron chi connectivity index (χ4n) is 2.91. The van der Waals surface area contributed by atoms with E-state index < -0.39 is 0 Å². The topological polar surface area (TPSA) is 20.3 Å². The molecule has 0 bridgehead atoms. The summed E-state index contributed by atoms with van der Waals surface area (Å²) in [5.74, 6) is 0. The largest absolute Gasteiger partial charge is 0.371 e. The average molecular weight is 324 g/mol. The summed E-state index contributed by atoms with van der Waals surface area (Å²) in [7, 11) is 2.11. The van der Waals surface area contributed by atoms with Crippen LogP contribution >= 0.6 is 15.9 Å². The molecular weight excluding hydrogens is 302 g/mol. The summed E-state index contributed by atoms with van der Waals surface area (Å²) in [5.41, 5.74) is 2.29. The minimum absolute atomic E-state index is 0.477. The van der Waals surface area contributed by atoms with Crippen LogP contribution < -0.4 is 4.90 Å². The first-order chi connectivity index (χ1) is 8.93. The molecule has 0 spiro atoms. The van der Waals surface area contributed by atoms with Gasteiger partial charge in [-0.25, -0.2) is 0 Å². The molecule has 3 heteroatoms. The number of aldehydes is 1. The summed E-state index contributed by atoms with van der Waals surface area (Å²) in [5, 5.41) is 0. The van der Waals surface area contributed by atoms with E-state index in [-0.39, 0.29) is 0 Å². The zero-order chi connectivity index (χ0) is 14.0. The second-order valence-corrected chi connectivity index (χ2v) is 7.24. The predicted octanol–water partition coefficient (Wildman–Crippen LogP) is 4.67. The molecule has 1 aliphatic carbocycles. The molecule has 19 heavy (non-hydrogen) atoms. The van der Waals surface area contributed by atoms with Gasteiger partial charge < -0.3 is 4.90 Å². The maximum atomic E-state index is 11.2. The van der Waals surface area contributed by atoms with Crippen LogP contribution in [0.2, 0.25) is 0 Å². The van der Waals surface area contributed by atoms with Gasteiger partial charge in [0.2, 0.25) is 0 Å². The summed E-state index contributed by atoms with van der Waals surface area (Å²) < 4.78 is 0.955. The normalized spacial score (nSPS) is 19.2. The third-order valence-corrected chi connectivity index (χ3v) is 4.85. The number of halogens is 1. The van der Waals surface area contributed by atoms with Crippen molar-refractivity contribution in [2.45, 2.75) is 45.6 Å². The van der Waals surface area contributed by atoms with E-state index in [2.05, 4.69) is 41.7 Å². The maximum absolute atomic E-state index is 11.2. The standard InChI is InChI=1S/C16H22BrNO/c1-16(2)8-6-14(7-9-16)18(3)15-5-4-13(17)10-12(15)11-19/h4-5,10-11,14H,6-9H2,1-3H3. The lowest BCUT2D eigenvalue weighted by Crippen LogP contribution is -2.37. The molecule has 104 valence electrons. The second-order valence-electron chi connectivity index (χ2n) is 6.33. The lowest BCUT2D eigenvalue weighted by atomic mass is 9.75. The highest BCUT2D eigenvalue weighted by Crippen LogP contribution is 2.38. The Balaban J connectivity index is 2.16. The fraction of sp³-hybridized carbons (Fsp3) is 0.562. The lowest BCUT2D eigenvalue weighted by molar-refractivity contribution is 0.112. The molecular formula is C16H22BrNO. The number of anilines is 1. The Labute approximate surface area is 124 Å². The highest BCUT2D eigenvalue weighted by molar-refractivity contribution is 9.10. The van der Waals surface area contributed by atoms with Crippen LogP contribution in [0.1, 0.15) is 49.9 Å². The van der Waals surface area contributed by atoms with Crippen LogP contribution in [0.15, 0.2) is 22.7 Å². The number of carbonyl (C=O) groups is 1. The van der Waals surface area contributed by atoms with Crippen LogP contribution in [0, 0.1) is 5.41 Å². The van der Waals surface area contributed by atoms with Gasteiger partial charge in [0.1, 0.15) is 0 Å². The van der Waals surface area contributed by atoms with E-state index >= 15 is 0 Å². The van der Waals surface area contributed by atoms with Gasteiger partial charge in [-0.2, -0.15) is 0 Å². The van der Waals surface area contributed by atoms with Crippen molar-refractivity contribution in [3.63, 3.8) is 0 Å². The molecule has 0 saturated heterocycles. The molecule has 0 N–H and O–H groups in total. The van der Waals surface area contributed by atoms with Gasteiger partial charge in [-0.1, -0.05) is 29.8 Å². The summed E-state index contributed by atoms with van der Waals surface area (Å²) in [6.45, 7) is 4.69. The molecule has 0 aromatic heterocycles. The molecule has 0 unspecified atom stereocenters. The summed E-state index contributed by atoms with van der Waals surface area (Å²) >= 11 is 3.42. The first-order valence-corrected chi connectivity index (χ1v) is 7.70. The predicted molar refractivity (Wildman–Crippen MR) is 84.0 cm³/mol. The molecule has 1 aromatic rings. The van der Waals surface area contributed by atoms with Gasteiger partial charge in [0.15, 0.2) is 6.29 Å². The van der Waals surface area contributed by atoms with Crippen molar-refractivity contribution >= 4 is 27.9 Å². The van der Waals surface area contributed by atoms with Crippen LogP contribution in [0.25, 0.3) is 0 Å². The quantitative estimate of drug-likeness (QED) is 0.753. The van der Waals surface area contributed by atoms with Crippen molar-refractivity contribution < 1.29 is 4.79 Å². The molecule has 0 atom stereocenters. The summed E-state index contributed by atoms with van der Waals surface area (Å²) in [4.78, 5) is 13.5. The average Bonchev–Trinajstić information content (AvgIpc) is 2.37. The van der Waals surface area contributed by atoms with Gasteiger partial charge in [-0.05, 0) is 49.3 Å². The fourth-order valence-corrected chi connectivity index (χ4v) is 3.29. The monoisotopic (exact) mass is 323 g/mol. The van der Waals surface area contributed by atoms with Crippen molar-refractivity contribution in [2.75, 3.05) is 11.9 Å². The van der Waals surface area contributed by atoms with Gasteiger partial charge in [-0.3, -0.25) is 4.79 Å². The molecule has 1 saturated carbocycles. The summed E-state index contributed by atoms with van der Waals surface area (Å²) in [6, 6.07) is 6.48. The second kappa shape index (κ2) is 5.66. The Morgan fingerprint density at radius 3 is 2.53 bits per heavy atom. The van der Waals surface area contributed by atoms with Crippen molar-refractivity contribution in [1.82, 2.24) is 0 Å². The van der Waals surface area contributed by atoms with E-state index in [0.29, 0.717) is 11.5 Å². The van der Waals surface area contributed by atoms with Crippen LogP contribution in [0.5, 0.6) is 0 Å². The number of nitrogens with zero attached hydrogens (tertiary/aromatic N) is 1. The Hall–Kier alpha value is -0.830. The molecule has 2 rings (SSSR count). The SMILES string of the molecule is CN(c1ccc(Br)cc1C=O)C1CCC(C)(C)CC1. The van der Waals surface area contributed by atoms with Crippen molar-refractivity contribution in [3.8, 4) is 0 Å². The highest BCUT2D eigenvalue weighted by Gasteiger charge is 2.29. The Kier molecular flexibility index (Phi) is 4.34. The van der Waals surface area contributed by atoms with Crippen LogP contribution in [-0.2, 0) is 0 Å². The van der Waals surface area contributed by atoms with Crippen molar-refractivity contribution in [1.29, 1.82) is 0 Å². The Bertz CT molecular complexity index is 460. The Morgan fingerprint density at radius 1 is 1.32 bits per heavy atom. The van der Waals surface area contributed by atoms with Gasteiger partial charge in [0, 0.05) is 28.8 Å². The molecule has 1 aromatic carbocycles. The molecule has 0 amide bonds. The smallest absolute Gasteiger partial charge is 0.152 e. The summed E-state index contributed by atoms with van der Waals surface area (Å²) in [6.07, 6.45) is 5.88. The minimum atomic E-state index is 0.477. The van der Waals surface area contributed by atoms with E-state index in [1.807, 2.05) is 18.2 Å². The minimum Gasteiger partial charge on any atom is -0.371 e. The molecule has 1 fully saturated rings. The molecule has 0 aliphatic heterocycles. The first-order valence-electron chi connectivity index (χ1n) is 6.90. The molecule has 1 aliphatic rings. The van der Waals surface area contributed by atoms with Crippen LogP contribution in [-0.4, -0.2) is 19.4 Å². The van der Waals surface area contributed by atoms with E-state index in [1.54, 1.807) is 0 Å². The third kappa shape index (κ3) is 3.38. The first kappa shape index (κ1) is 14.6.